The van der Waals surface area contributed by atoms with E-state index in [-0.39, 0.29) is 17.9 Å². The summed E-state index contributed by atoms with van der Waals surface area (Å²) in [6.07, 6.45) is 4.22. The lowest BCUT2D eigenvalue weighted by Gasteiger charge is -2.39. The second kappa shape index (κ2) is 5.51. The van der Waals surface area contributed by atoms with Gasteiger partial charge in [0.15, 0.2) is 5.82 Å². The van der Waals surface area contributed by atoms with Crippen molar-refractivity contribution in [3.05, 3.63) is 5.82 Å². The predicted octanol–water partition coefficient (Wildman–Crippen LogP) is 0.160. The highest BCUT2D eigenvalue weighted by atomic mass is 16.2. The van der Waals surface area contributed by atoms with Crippen LogP contribution in [0.15, 0.2) is 0 Å². The number of aromatic nitrogens is 4. The van der Waals surface area contributed by atoms with Crippen LogP contribution in [0.5, 0.6) is 0 Å². The third kappa shape index (κ3) is 2.47. The molecule has 0 aromatic carbocycles. The molecule has 1 aliphatic carbocycles. The average molecular weight is 333 g/mol. The lowest BCUT2D eigenvalue weighted by molar-refractivity contribution is -0.132. The van der Waals surface area contributed by atoms with Crippen molar-refractivity contribution in [1.29, 1.82) is 0 Å². The largest absolute Gasteiger partial charge is 0.324 e. The van der Waals surface area contributed by atoms with Crippen LogP contribution in [0.1, 0.15) is 44.5 Å². The normalized spacial score (nSPS) is 31.6. The highest BCUT2D eigenvalue weighted by Crippen LogP contribution is 2.35. The van der Waals surface area contributed by atoms with Crippen LogP contribution in [0, 0.1) is 5.92 Å². The first kappa shape index (κ1) is 15.5. The van der Waals surface area contributed by atoms with Gasteiger partial charge in [-0.25, -0.2) is 9.48 Å². The molecule has 2 saturated heterocycles. The average Bonchev–Trinajstić information content (AvgIpc) is 3.28. The Balaban J connectivity index is 1.47. The molecule has 1 aromatic heterocycles. The number of piperidine rings is 1. The van der Waals surface area contributed by atoms with Crippen molar-refractivity contribution in [3.8, 4) is 0 Å². The van der Waals surface area contributed by atoms with Gasteiger partial charge in [-0.1, -0.05) is 0 Å². The smallest absolute Gasteiger partial charge is 0.323 e. The summed E-state index contributed by atoms with van der Waals surface area (Å²) in [6, 6.07) is 0.148. The van der Waals surface area contributed by atoms with Crippen molar-refractivity contribution in [2.75, 3.05) is 20.1 Å². The van der Waals surface area contributed by atoms with E-state index >= 15 is 0 Å². The molecule has 9 nitrogen and oxygen atoms in total. The van der Waals surface area contributed by atoms with Gasteiger partial charge >= 0.3 is 6.03 Å². The van der Waals surface area contributed by atoms with Crippen molar-refractivity contribution in [2.45, 2.75) is 50.7 Å². The third-order valence-electron chi connectivity index (χ3n) is 5.56. The molecule has 0 spiro atoms. The minimum Gasteiger partial charge on any atom is -0.323 e. The zero-order valence-electron chi connectivity index (χ0n) is 14.1. The van der Waals surface area contributed by atoms with Gasteiger partial charge in [-0.2, -0.15) is 0 Å². The summed E-state index contributed by atoms with van der Waals surface area (Å²) < 4.78 is 1.93. The lowest BCUT2D eigenvalue weighted by atomic mass is 9.80. The highest BCUT2D eigenvalue weighted by Gasteiger charge is 2.51. The van der Waals surface area contributed by atoms with Gasteiger partial charge in [-0.3, -0.25) is 14.6 Å². The number of imide groups is 1. The summed E-state index contributed by atoms with van der Waals surface area (Å²) in [6.45, 7) is 4.25. The number of likely N-dealkylation sites (N-methyl/N-ethyl adjacent to an activating group) is 1. The van der Waals surface area contributed by atoms with E-state index in [1.807, 2.05) is 11.6 Å². The summed E-state index contributed by atoms with van der Waals surface area (Å²) in [5, 5.41) is 15.0. The Morgan fingerprint density at radius 2 is 2.08 bits per heavy atom. The fourth-order valence-electron chi connectivity index (χ4n) is 3.87. The molecule has 1 N–H and O–H groups in total. The number of hydrogen-bond donors (Lipinski definition) is 1. The van der Waals surface area contributed by atoms with Gasteiger partial charge in [0.25, 0.3) is 5.91 Å². The van der Waals surface area contributed by atoms with Gasteiger partial charge in [0.2, 0.25) is 0 Å². The maximum atomic E-state index is 12.5. The van der Waals surface area contributed by atoms with Crippen LogP contribution >= 0.6 is 0 Å². The standard InChI is InChI=1S/C15H23N7O2/c1-15(13(23)20(2)14(24)16-15)10-4-3-7-21(8-10)9-12-17-18-19-22(12)11-5-6-11/h10-11H,3-9H2,1-2H3,(H,16,24)/t10-,15-/m0/s1. The van der Waals surface area contributed by atoms with E-state index in [9.17, 15) is 9.59 Å². The number of rotatable bonds is 4. The van der Waals surface area contributed by atoms with Crippen LogP contribution in [0.2, 0.25) is 0 Å². The molecule has 2 aliphatic heterocycles. The molecule has 9 heteroatoms. The van der Waals surface area contributed by atoms with E-state index < -0.39 is 5.54 Å². The number of carbonyl (C=O) groups is 2. The van der Waals surface area contributed by atoms with Crippen LogP contribution in [-0.4, -0.2) is 67.6 Å². The summed E-state index contributed by atoms with van der Waals surface area (Å²) in [4.78, 5) is 27.8. The molecule has 24 heavy (non-hydrogen) atoms. The molecule has 3 aliphatic rings. The molecule has 3 amide bonds. The van der Waals surface area contributed by atoms with E-state index in [0.29, 0.717) is 12.6 Å². The second-order valence-corrected chi connectivity index (χ2v) is 7.34. The molecule has 3 heterocycles. The molecule has 1 aromatic rings. The first-order valence-electron chi connectivity index (χ1n) is 8.58. The van der Waals surface area contributed by atoms with Crippen molar-refractivity contribution in [3.63, 3.8) is 0 Å². The summed E-state index contributed by atoms with van der Waals surface area (Å²) in [7, 11) is 1.54. The fraction of sp³-hybridized carbons (Fsp3) is 0.800. The van der Waals surface area contributed by atoms with E-state index in [4.69, 9.17) is 0 Å². The van der Waals surface area contributed by atoms with Gasteiger partial charge in [0, 0.05) is 19.5 Å². The third-order valence-corrected chi connectivity index (χ3v) is 5.56. The van der Waals surface area contributed by atoms with Crippen molar-refractivity contribution >= 4 is 11.9 Å². The van der Waals surface area contributed by atoms with Crippen LogP contribution in [0.3, 0.4) is 0 Å². The van der Waals surface area contributed by atoms with Crippen molar-refractivity contribution in [2.24, 2.45) is 5.92 Å². The SMILES string of the molecule is CN1C(=O)N[C@@](C)([C@H]2CCCN(Cc3nnnn3C3CC3)C2)C1=O. The Labute approximate surface area is 140 Å². The Hall–Kier alpha value is -2.03. The highest BCUT2D eigenvalue weighted by molar-refractivity contribution is 6.06. The molecule has 4 rings (SSSR count). The topological polar surface area (TPSA) is 96.2 Å². The first-order valence-corrected chi connectivity index (χ1v) is 8.58. The molecular weight excluding hydrogens is 310 g/mol. The minimum atomic E-state index is -0.813. The summed E-state index contributed by atoms with van der Waals surface area (Å²) in [5.41, 5.74) is -0.813. The maximum absolute atomic E-state index is 12.5. The fourth-order valence-corrected chi connectivity index (χ4v) is 3.87. The molecule has 2 atom stereocenters. The Kier molecular flexibility index (Phi) is 3.56. The number of nitrogens with one attached hydrogen (secondary N) is 1. The van der Waals surface area contributed by atoms with Crippen molar-refractivity contribution in [1.82, 2.24) is 35.3 Å². The zero-order chi connectivity index (χ0) is 16.9. The van der Waals surface area contributed by atoms with Gasteiger partial charge in [-0.05, 0) is 49.6 Å². The Morgan fingerprint density at radius 3 is 2.75 bits per heavy atom. The molecule has 0 radical (unpaired) electrons. The Bertz CT molecular complexity index is 671. The number of tetrazole rings is 1. The van der Waals surface area contributed by atoms with Crippen LogP contribution in [-0.2, 0) is 11.3 Å². The number of nitrogens with zero attached hydrogens (tertiary/aromatic N) is 6. The van der Waals surface area contributed by atoms with Gasteiger partial charge in [-0.15, -0.1) is 5.10 Å². The minimum absolute atomic E-state index is 0.0953. The second-order valence-electron chi connectivity index (χ2n) is 7.34. The molecule has 3 fully saturated rings. The van der Waals surface area contributed by atoms with Crippen LogP contribution in [0.25, 0.3) is 0 Å². The van der Waals surface area contributed by atoms with E-state index in [2.05, 4.69) is 25.7 Å². The quantitative estimate of drug-likeness (QED) is 0.789. The van der Waals surface area contributed by atoms with E-state index in [0.717, 1.165) is 44.6 Å². The van der Waals surface area contributed by atoms with Gasteiger partial charge in [0.05, 0.1) is 12.6 Å². The predicted molar refractivity (Wildman–Crippen MR) is 83.8 cm³/mol. The van der Waals surface area contributed by atoms with E-state index in [1.54, 1.807) is 0 Å². The van der Waals surface area contributed by atoms with Crippen LogP contribution in [0.4, 0.5) is 4.79 Å². The Morgan fingerprint density at radius 1 is 1.29 bits per heavy atom. The molecule has 1 saturated carbocycles. The number of hydrogen-bond acceptors (Lipinski definition) is 6. The summed E-state index contributed by atoms with van der Waals surface area (Å²) in [5.74, 6) is 0.849. The van der Waals surface area contributed by atoms with Crippen molar-refractivity contribution < 1.29 is 9.59 Å². The van der Waals surface area contributed by atoms with Gasteiger partial charge in [0.1, 0.15) is 5.54 Å². The van der Waals surface area contributed by atoms with Crippen LogP contribution < -0.4 is 5.32 Å². The zero-order valence-corrected chi connectivity index (χ0v) is 14.1. The first-order chi connectivity index (χ1) is 11.5. The summed E-state index contributed by atoms with van der Waals surface area (Å²) >= 11 is 0. The number of amides is 3. The molecular formula is C15H23N7O2. The molecule has 0 bridgehead atoms. The molecule has 130 valence electrons. The number of carbonyl (C=O) groups excluding carboxylic acids is 2. The number of urea groups is 1. The monoisotopic (exact) mass is 333 g/mol. The molecule has 0 unspecified atom stereocenters. The lowest BCUT2D eigenvalue weighted by Crippen LogP contribution is -2.55. The number of likely N-dealkylation sites (tertiary alicyclic amines) is 1. The maximum Gasteiger partial charge on any atom is 0.324 e. The van der Waals surface area contributed by atoms with Gasteiger partial charge < -0.3 is 5.32 Å². The van der Waals surface area contributed by atoms with E-state index in [1.165, 1.54) is 11.9 Å².